The Morgan fingerprint density at radius 3 is 1.93 bits per heavy atom. The van der Waals surface area contributed by atoms with Crippen LogP contribution in [0.15, 0.2) is 0 Å². The van der Waals surface area contributed by atoms with Gasteiger partial charge in [0, 0.05) is 0 Å². The molecule has 0 N–H and O–H groups in total. The highest BCUT2D eigenvalue weighted by Gasteiger charge is 2.30. The van der Waals surface area contributed by atoms with Crippen molar-refractivity contribution >= 4 is 5.97 Å². The Hall–Kier alpha value is -0.570. The van der Waals surface area contributed by atoms with E-state index in [1.54, 1.807) is 13.8 Å². The number of hydrogen-bond donors (Lipinski definition) is 0. The number of carbonyl (C=O) groups excluding carboxylic acids is 1. The zero-order chi connectivity index (χ0) is 12.1. The Labute approximate surface area is 93.1 Å². The average Bonchev–Trinajstić information content (AvgIpc) is 2.11. The van der Waals surface area contributed by atoms with Gasteiger partial charge in [0.15, 0.2) is 5.60 Å². The monoisotopic (exact) mass is 216 g/mol. The van der Waals surface area contributed by atoms with Crippen molar-refractivity contribution in [3.63, 3.8) is 0 Å². The second-order valence-electron chi connectivity index (χ2n) is 5.21. The molecular weight excluding hydrogens is 192 g/mol. The summed E-state index contributed by atoms with van der Waals surface area (Å²) in [5, 5.41) is 0. The third-order valence-electron chi connectivity index (χ3n) is 1.82. The number of rotatable bonds is 6. The molecule has 0 bridgehead atoms. The summed E-state index contributed by atoms with van der Waals surface area (Å²) in [6.07, 6.45) is 0. The first-order valence-corrected chi connectivity index (χ1v) is 5.57. The van der Waals surface area contributed by atoms with E-state index in [4.69, 9.17) is 9.47 Å². The van der Waals surface area contributed by atoms with Gasteiger partial charge >= 0.3 is 5.97 Å². The minimum atomic E-state index is -0.834. The number of ether oxygens (including phenoxy) is 2. The van der Waals surface area contributed by atoms with Crippen LogP contribution in [0.25, 0.3) is 0 Å². The van der Waals surface area contributed by atoms with Gasteiger partial charge in [-0.05, 0) is 25.7 Å². The molecule has 0 aliphatic carbocycles. The predicted molar refractivity (Wildman–Crippen MR) is 60.7 cm³/mol. The van der Waals surface area contributed by atoms with Crippen LogP contribution in [-0.2, 0) is 14.3 Å². The highest BCUT2D eigenvalue weighted by atomic mass is 16.6. The van der Waals surface area contributed by atoms with Crippen molar-refractivity contribution in [2.75, 3.05) is 13.2 Å². The third kappa shape index (κ3) is 6.50. The predicted octanol–water partition coefficient (Wildman–Crippen LogP) is 2.64. The molecule has 3 heteroatoms. The molecule has 3 nitrogen and oxygen atoms in total. The minimum Gasteiger partial charge on any atom is -0.463 e. The number of hydrogen-bond acceptors (Lipinski definition) is 3. The van der Waals surface area contributed by atoms with Crippen LogP contribution in [0.3, 0.4) is 0 Å². The van der Waals surface area contributed by atoms with E-state index in [0.29, 0.717) is 25.0 Å². The molecule has 0 spiro atoms. The van der Waals surface area contributed by atoms with Gasteiger partial charge in [-0.15, -0.1) is 0 Å². The molecule has 0 aromatic rings. The molecular formula is C12H24O3. The molecule has 90 valence electrons. The van der Waals surface area contributed by atoms with Gasteiger partial charge in [-0.2, -0.15) is 0 Å². The van der Waals surface area contributed by atoms with Gasteiger partial charge in [-0.25, -0.2) is 4.79 Å². The van der Waals surface area contributed by atoms with Crippen LogP contribution in [0.2, 0.25) is 0 Å². The number of esters is 1. The lowest BCUT2D eigenvalue weighted by Gasteiger charge is -2.24. The van der Waals surface area contributed by atoms with Crippen molar-refractivity contribution in [2.24, 2.45) is 11.8 Å². The summed E-state index contributed by atoms with van der Waals surface area (Å²) in [4.78, 5) is 11.6. The summed E-state index contributed by atoms with van der Waals surface area (Å²) in [5.74, 6) is 0.494. The Kier molecular flexibility index (Phi) is 5.88. The van der Waals surface area contributed by atoms with Gasteiger partial charge in [-0.3, -0.25) is 0 Å². The SMILES string of the molecule is CC(C)COC(=O)C(C)(C)OCC(C)C. The van der Waals surface area contributed by atoms with Crippen LogP contribution in [-0.4, -0.2) is 24.8 Å². The summed E-state index contributed by atoms with van der Waals surface area (Å²) in [5.41, 5.74) is -0.834. The molecule has 0 saturated heterocycles. The summed E-state index contributed by atoms with van der Waals surface area (Å²) in [6, 6.07) is 0. The first-order valence-electron chi connectivity index (χ1n) is 5.57. The molecule has 0 rings (SSSR count). The maximum atomic E-state index is 11.6. The largest absolute Gasteiger partial charge is 0.463 e. The first-order chi connectivity index (χ1) is 6.75. The van der Waals surface area contributed by atoms with E-state index in [9.17, 15) is 4.79 Å². The van der Waals surface area contributed by atoms with E-state index in [0.717, 1.165) is 0 Å². The molecule has 0 aliphatic rings. The third-order valence-corrected chi connectivity index (χ3v) is 1.82. The summed E-state index contributed by atoms with van der Waals surface area (Å²) < 4.78 is 10.6. The van der Waals surface area contributed by atoms with Gasteiger partial charge in [0.05, 0.1) is 13.2 Å². The molecule has 0 aliphatic heterocycles. The van der Waals surface area contributed by atoms with Gasteiger partial charge in [-0.1, -0.05) is 27.7 Å². The van der Waals surface area contributed by atoms with Gasteiger partial charge in [0.2, 0.25) is 0 Å². The maximum absolute atomic E-state index is 11.6. The minimum absolute atomic E-state index is 0.281. The average molecular weight is 216 g/mol. The van der Waals surface area contributed by atoms with Gasteiger partial charge in [0.25, 0.3) is 0 Å². The molecule has 0 amide bonds. The normalized spacial score (nSPS) is 12.3. The van der Waals surface area contributed by atoms with Crippen molar-refractivity contribution in [3.05, 3.63) is 0 Å². The van der Waals surface area contributed by atoms with Crippen molar-refractivity contribution in [1.29, 1.82) is 0 Å². The molecule has 0 aromatic carbocycles. The molecule has 0 saturated carbocycles. The highest BCUT2D eigenvalue weighted by molar-refractivity contribution is 5.78. The highest BCUT2D eigenvalue weighted by Crippen LogP contribution is 2.14. The van der Waals surface area contributed by atoms with E-state index in [-0.39, 0.29) is 5.97 Å². The smallest absolute Gasteiger partial charge is 0.337 e. The van der Waals surface area contributed by atoms with Crippen molar-refractivity contribution in [2.45, 2.75) is 47.1 Å². The summed E-state index contributed by atoms with van der Waals surface area (Å²) in [7, 11) is 0. The lowest BCUT2D eigenvalue weighted by atomic mass is 10.1. The quantitative estimate of drug-likeness (QED) is 0.640. The molecule has 15 heavy (non-hydrogen) atoms. The fraction of sp³-hybridized carbons (Fsp3) is 0.917. The topological polar surface area (TPSA) is 35.5 Å². The Balaban J connectivity index is 4.02. The van der Waals surface area contributed by atoms with Crippen LogP contribution in [0, 0.1) is 11.8 Å². The second kappa shape index (κ2) is 6.11. The maximum Gasteiger partial charge on any atom is 0.337 e. The Morgan fingerprint density at radius 2 is 1.53 bits per heavy atom. The lowest BCUT2D eigenvalue weighted by Crippen LogP contribution is -2.38. The van der Waals surface area contributed by atoms with E-state index in [2.05, 4.69) is 13.8 Å². The fourth-order valence-electron chi connectivity index (χ4n) is 0.850. The Bertz CT molecular complexity index is 195. The fourth-order valence-corrected chi connectivity index (χ4v) is 0.850. The molecule has 0 heterocycles. The van der Waals surface area contributed by atoms with Gasteiger partial charge < -0.3 is 9.47 Å². The van der Waals surface area contributed by atoms with E-state index in [1.165, 1.54) is 0 Å². The first kappa shape index (κ1) is 14.4. The molecule has 0 aromatic heterocycles. The summed E-state index contributed by atoms with van der Waals surface area (Å²) >= 11 is 0. The van der Waals surface area contributed by atoms with E-state index < -0.39 is 5.60 Å². The summed E-state index contributed by atoms with van der Waals surface area (Å²) in [6.45, 7) is 12.6. The van der Waals surface area contributed by atoms with Crippen LogP contribution in [0.5, 0.6) is 0 Å². The van der Waals surface area contributed by atoms with Gasteiger partial charge in [0.1, 0.15) is 0 Å². The van der Waals surface area contributed by atoms with E-state index in [1.807, 2.05) is 13.8 Å². The van der Waals surface area contributed by atoms with Crippen molar-refractivity contribution in [1.82, 2.24) is 0 Å². The molecule has 0 unspecified atom stereocenters. The Morgan fingerprint density at radius 1 is 1.07 bits per heavy atom. The lowest BCUT2D eigenvalue weighted by molar-refractivity contribution is -0.170. The standard InChI is InChI=1S/C12H24O3/c1-9(2)7-14-11(13)12(5,6)15-8-10(3)4/h9-10H,7-8H2,1-6H3. The van der Waals surface area contributed by atoms with Crippen LogP contribution in [0.1, 0.15) is 41.5 Å². The van der Waals surface area contributed by atoms with Crippen molar-refractivity contribution < 1.29 is 14.3 Å². The molecule has 0 fully saturated rings. The zero-order valence-electron chi connectivity index (χ0n) is 10.8. The molecule has 0 radical (unpaired) electrons. The second-order valence-corrected chi connectivity index (χ2v) is 5.21. The van der Waals surface area contributed by atoms with Crippen LogP contribution >= 0.6 is 0 Å². The van der Waals surface area contributed by atoms with E-state index >= 15 is 0 Å². The van der Waals surface area contributed by atoms with Crippen LogP contribution in [0.4, 0.5) is 0 Å². The zero-order valence-corrected chi connectivity index (χ0v) is 10.8. The number of carbonyl (C=O) groups is 1. The molecule has 0 atom stereocenters. The van der Waals surface area contributed by atoms with Crippen LogP contribution < -0.4 is 0 Å². The van der Waals surface area contributed by atoms with Crippen molar-refractivity contribution in [3.8, 4) is 0 Å².